The molecule has 1 aromatic carbocycles. The molecule has 0 saturated carbocycles. The third kappa shape index (κ3) is 4.28. The van der Waals surface area contributed by atoms with Gasteiger partial charge in [0.2, 0.25) is 0 Å². The molecule has 1 unspecified atom stereocenters. The Labute approximate surface area is 182 Å². The number of fused-ring (bicyclic) bond motifs is 1. The molecule has 1 aliphatic rings. The number of aromatic nitrogens is 2. The Kier molecular flexibility index (Phi) is 5.51. The zero-order chi connectivity index (χ0) is 22.6. The first-order valence-corrected chi connectivity index (χ1v) is 11.6. The summed E-state index contributed by atoms with van der Waals surface area (Å²) < 4.78 is 93.4. The van der Waals surface area contributed by atoms with Crippen LogP contribution in [0.1, 0.15) is 34.2 Å². The van der Waals surface area contributed by atoms with Crippen LogP contribution in [0.3, 0.4) is 0 Å². The van der Waals surface area contributed by atoms with E-state index < -0.39 is 39.1 Å². The Hall–Kier alpha value is -2.18. The quantitative estimate of drug-likeness (QED) is 0.468. The molecule has 3 aromatic rings. The van der Waals surface area contributed by atoms with Gasteiger partial charge in [-0.15, -0.1) is 11.3 Å². The van der Waals surface area contributed by atoms with Crippen LogP contribution < -0.4 is 4.72 Å². The van der Waals surface area contributed by atoms with Crippen molar-refractivity contribution in [2.24, 2.45) is 0 Å². The number of thiazole rings is 1. The number of halogens is 6. The summed E-state index contributed by atoms with van der Waals surface area (Å²) in [5.74, 6) is -3.27. The topological polar surface area (TPSA) is 74.8 Å². The Morgan fingerprint density at radius 1 is 1.23 bits per heavy atom. The van der Waals surface area contributed by atoms with Crippen molar-refractivity contribution >= 4 is 38.6 Å². The zero-order valence-electron chi connectivity index (χ0n) is 15.4. The van der Waals surface area contributed by atoms with Crippen molar-refractivity contribution in [1.29, 1.82) is 0 Å². The fourth-order valence-electron chi connectivity index (χ4n) is 3.55. The highest BCUT2D eigenvalue weighted by atomic mass is 35.5. The van der Waals surface area contributed by atoms with E-state index in [2.05, 4.69) is 9.97 Å². The van der Waals surface area contributed by atoms with Crippen molar-refractivity contribution in [2.75, 3.05) is 4.72 Å². The second-order valence-corrected chi connectivity index (χ2v) is 9.90. The average Bonchev–Trinajstić information content (AvgIpc) is 3.29. The molecule has 1 atom stereocenters. The van der Waals surface area contributed by atoms with Gasteiger partial charge in [0.05, 0.1) is 16.3 Å². The SMILES string of the molecule is O=S(=O)(Nc1cc(F)c(C(F)(F)F)cc1F)c1c[nH]c2c1CCC(c1nc(Cl)cs1)C2. The van der Waals surface area contributed by atoms with Gasteiger partial charge < -0.3 is 4.98 Å². The fraction of sp³-hybridized carbons (Fsp3) is 0.278. The molecule has 2 aromatic heterocycles. The Bertz CT molecular complexity index is 1250. The first-order chi connectivity index (χ1) is 14.5. The molecule has 0 amide bonds. The van der Waals surface area contributed by atoms with E-state index in [1.807, 2.05) is 4.72 Å². The molecule has 5 nitrogen and oxygen atoms in total. The summed E-state index contributed by atoms with van der Waals surface area (Å²) in [4.78, 5) is 6.96. The summed E-state index contributed by atoms with van der Waals surface area (Å²) in [5.41, 5.74) is -1.59. The second-order valence-electron chi connectivity index (χ2n) is 6.97. The van der Waals surface area contributed by atoms with E-state index in [1.165, 1.54) is 17.5 Å². The molecule has 0 fully saturated rings. The predicted octanol–water partition coefficient (Wildman–Crippen LogP) is 5.49. The summed E-state index contributed by atoms with van der Waals surface area (Å²) in [5, 5.41) is 2.92. The molecule has 2 heterocycles. The van der Waals surface area contributed by atoms with Crippen molar-refractivity contribution in [3.63, 3.8) is 0 Å². The first kappa shape index (κ1) is 22.0. The number of benzene rings is 1. The number of hydrogen-bond acceptors (Lipinski definition) is 4. The number of alkyl halides is 3. The van der Waals surface area contributed by atoms with E-state index in [0.29, 0.717) is 35.7 Å². The number of hydrogen-bond donors (Lipinski definition) is 2. The molecule has 0 saturated heterocycles. The van der Waals surface area contributed by atoms with E-state index in [9.17, 15) is 30.4 Å². The maximum absolute atomic E-state index is 14.1. The summed E-state index contributed by atoms with van der Waals surface area (Å²) in [6, 6.07) is 0.0978. The molecule has 0 radical (unpaired) electrons. The maximum Gasteiger partial charge on any atom is 0.419 e. The van der Waals surface area contributed by atoms with E-state index in [1.54, 1.807) is 5.38 Å². The highest BCUT2D eigenvalue weighted by molar-refractivity contribution is 7.92. The average molecular weight is 498 g/mol. The third-order valence-corrected chi connectivity index (χ3v) is 7.73. The van der Waals surface area contributed by atoms with Crippen molar-refractivity contribution in [1.82, 2.24) is 9.97 Å². The number of anilines is 1. The van der Waals surface area contributed by atoms with Crippen LogP contribution in [0.25, 0.3) is 0 Å². The number of nitrogens with one attached hydrogen (secondary N) is 2. The van der Waals surface area contributed by atoms with Crippen LogP contribution in [-0.2, 0) is 29.0 Å². The summed E-state index contributed by atoms with van der Waals surface area (Å²) in [6.07, 6.45) is -2.43. The third-order valence-electron chi connectivity index (χ3n) is 4.97. The van der Waals surface area contributed by atoms with Gasteiger partial charge in [0, 0.05) is 29.3 Å². The van der Waals surface area contributed by atoms with E-state index in [-0.39, 0.29) is 22.9 Å². The van der Waals surface area contributed by atoms with Crippen molar-refractivity contribution in [3.8, 4) is 0 Å². The normalized spacial score (nSPS) is 16.9. The van der Waals surface area contributed by atoms with Crippen molar-refractivity contribution in [2.45, 2.75) is 36.3 Å². The van der Waals surface area contributed by atoms with Gasteiger partial charge in [0.25, 0.3) is 10.0 Å². The van der Waals surface area contributed by atoms with Crippen molar-refractivity contribution in [3.05, 3.63) is 62.3 Å². The minimum atomic E-state index is -5.11. The lowest BCUT2D eigenvalue weighted by Crippen LogP contribution is -2.18. The number of sulfonamides is 1. The molecule has 13 heteroatoms. The van der Waals surface area contributed by atoms with Gasteiger partial charge in [-0.1, -0.05) is 11.6 Å². The standard InChI is InChI=1S/C18H13ClF5N3O2S2/c19-16-7-30-17(26-16)8-1-2-9-13(3-8)25-6-15(9)31(28,29)27-14-5-11(20)10(4-12(14)21)18(22,23)24/h4-8,25,27H,1-3H2. The molecular weight excluding hydrogens is 485 g/mol. The van der Waals surface area contributed by atoms with Gasteiger partial charge in [0.1, 0.15) is 21.7 Å². The van der Waals surface area contributed by atoms with E-state index in [4.69, 9.17) is 11.6 Å². The Morgan fingerprint density at radius 3 is 2.61 bits per heavy atom. The number of H-pyrrole nitrogens is 1. The largest absolute Gasteiger partial charge is 0.419 e. The first-order valence-electron chi connectivity index (χ1n) is 8.85. The van der Waals surface area contributed by atoms with Gasteiger partial charge in [-0.25, -0.2) is 22.2 Å². The molecule has 2 N–H and O–H groups in total. The van der Waals surface area contributed by atoms with Crippen LogP contribution in [0.15, 0.2) is 28.6 Å². The minimum absolute atomic E-state index is 0.0496. The molecule has 31 heavy (non-hydrogen) atoms. The van der Waals surface area contributed by atoms with Gasteiger partial charge in [-0.3, -0.25) is 4.72 Å². The second kappa shape index (κ2) is 7.75. The predicted molar refractivity (Wildman–Crippen MR) is 105 cm³/mol. The highest BCUT2D eigenvalue weighted by Crippen LogP contribution is 2.38. The van der Waals surface area contributed by atoms with Crippen LogP contribution in [0.2, 0.25) is 5.15 Å². The van der Waals surface area contributed by atoms with E-state index in [0.717, 1.165) is 5.01 Å². The number of nitrogens with zero attached hydrogens (tertiary/aromatic N) is 1. The maximum atomic E-state index is 14.1. The van der Waals surface area contributed by atoms with Crippen molar-refractivity contribution < 1.29 is 30.4 Å². The van der Waals surface area contributed by atoms with Gasteiger partial charge in [0.15, 0.2) is 0 Å². The smallest absolute Gasteiger partial charge is 0.363 e. The lowest BCUT2D eigenvalue weighted by molar-refractivity contribution is -0.140. The van der Waals surface area contributed by atoms with Crippen LogP contribution in [0.5, 0.6) is 0 Å². The van der Waals surface area contributed by atoms with Crippen LogP contribution in [0, 0.1) is 11.6 Å². The number of rotatable bonds is 4. The van der Waals surface area contributed by atoms with Crippen LogP contribution >= 0.6 is 22.9 Å². The molecule has 0 bridgehead atoms. The number of aromatic amines is 1. The molecule has 1 aliphatic carbocycles. The lowest BCUT2D eigenvalue weighted by atomic mass is 9.88. The monoisotopic (exact) mass is 497 g/mol. The molecule has 0 aliphatic heterocycles. The Balaban J connectivity index is 1.60. The lowest BCUT2D eigenvalue weighted by Gasteiger charge is -2.21. The van der Waals surface area contributed by atoms with Gasteiger partial charge >= 0.3 is 6.18 Å². The fourth-order valence-corrected chi connectivity index (χ4v) is 5.96. The van der Waals surface area contributed by atoms with Gasteiger partial charge in [-0.05, 0) is 30.9 Å². The Morgan fingerprint density at radius 2 is 1.97 bits per heavy atom. The molecule has 0 spiro atoms. The summed E-state index contributed by atoms with van der Waals surface area (Å²) in [6.45, 7) is 0. The summed E-state index contributed by atoms with van der Waals surface area (Å²) >= 11 is 7.27. The van der Waals surface area contributed by atoms with Crippen LogP contribution in [0.4, 0.5) is 27.6 Å². The molecule has 166 valence electrons. The minimum Gasteiger partial charge on any atom is -0.363 e. The van der Waals surface area contributed by atoms with E-state index >= 15 is 0 Å². The molecule has 4 rings (SSSR count). The summed E-state index contributed by atoms with van der Waals surface area (Å²) in [7, 11) is -4.38. The van der Waals surface area contributed by atoms with Gasteiger partial charge in [-0.2, -0.15) is 13.2 Å². The highest BCUT2D eigenvalue weighted by Gasteiger charge is 2.36. The molecular formula is C18H13ClF5N3O2S2. The zero-order valence-corrected chi connectivity index (χ0v) is 17.7. The van der Waals surface area contributed by atoms with Crippen LogP contribution in [-0.4, -0.2) is 18.4 Å².